The van der Waals surface area contributed by atoms with Gasteiger partial charge in [0.1, 0.15) is 5.75 Å². The van der Waals surface area contributed by atoms with E-state index < -0.39 is 11.5 Å². The van der Waals surface area contributed by atoms with Crippen LogP contribution in [0.3, 0.4) is 0 Å². The van der Waals surface area contributed by atoms with E-state index >= 15 is 0 Å². The van der Waals surface area contributed by atoms with Gasteiger partial charge in [0.05, 0.1) is 29.4 Å². The van der Waals surface area contributed by atoms with Crippen LogP contribution in [0.25, 0.3) is 5.69 Å². The quantitative estimate of drug-likeness (QED) is 0.758. The third-order valence-electron chi connectivity index (χ3n) is 4.99. The Morgan fingerprint density at radius 3 is 2.46 bits per heavy atom. The van der Waals surface area contributed by atoms with E-state index in [0.717, 1.165) is 24.3 Å². The first-order chi connectivity index (χ1) is 13.3. The monoisotopic (exact) mass is 386 g/mol. The number of carboxylic acids is 1. The summed E-state index contributed by atoms with van der Waals surface area (Å²) in [6.07, 6.45) is 3.14. The van der Waals surface area contributed by atoms with E-state index in [-0.39, 0.29) is 24.1 Å². The number of hydrogen-bond acceptors (Lipinski definition) is 5. The van der Waals surface area contributed by atoms with Gasteiger partial charge in [-0.1, -0.05) is 18.1 Å². The van der Waals surface area contributed by atoms with Gasteiger partial charge in [-0.25, -0.2) is 4.68 Å². The predicted octanol–water partition coefficient (Wildman–Crippen LogP) is 2.88. The lowest BCUT2D eigenvalue weighted by atomic mass is 9.93. The van der Waals surface area contributed by atoms with Crippen LogP contribution in [-0.2, 0) is 4.79 Å². The Kier molecular flexibility index (Phi) is 5.67. The summed E-state index contributed by atoms with van der Waals surface area (Å²) < 4.78 is 7.23. The van der Waals surface area contributed by atoms with Gasteiger partial charge >= 0.3 is 5.97 Å². The Balaban J connectivity index is 1.78. The van der Waals surface area contributed by atoms with Crippen molar-refractivity contribution in [2.24, 2.45) is 0 Å². The van der Waals surface area contributed by atoms with E-state index in [0.29, 0.717) is 18.5 Å². The standard InChI is InChI=1S/C20H26N4O4/c1-13(2)28-16-8-6-15(7-9-16)24-14(3)18(22-23-24)19(27)21-20(12-17(25)26)10-4-5-11-20/h6-9,13H,4-5,10-12H2,1-3H3,(H,21,27)(H,25,26). The third kappa shape index (κ3) is 4.32. The average Bonchev–Trinajstić information content (AvgIpc) is 3.21. The van der Waals surface area contributed by atoms with Crippen LogP contribution in [0.5, 0.6) is 5.75 Å². The van der Waals surface area contributed by atoms with E-state index in [9.17, 15) is 14.7 Å². The van der Waals surface area contributed by atoms with Crippen LogP contribution in [0.4, 0.5) is 0 Å². The fourth-order valence-electron chi connectivity index (χ4n) is 3.71. The van der Waals surface area contributed by atoms with E-state index in [1.165, 1.54) is 0 Å². The molecule has 2 N–H and O–H groups in total. The van der Waals surface area contributed by atoms with Crippen molar-refractivity contribution in [2.45, 2.75) is 64.5 Å². The first-order valence-electron chi connectivity index (χ1n) is 9.53. The van der Waals surface area contributed by atoms with Gasteiger partial charge in [-0.15, -0.1) is 5.10 Å². The molecular formula is C20H26N4O4. The van der Waals surface area contributed by atoms with Crippen molar-refractivity contribution in [3.05, 3.63) is 35.7 Å². The fraction of sp³-hybridized carbons (Fsp3) is 0.500. The van der Waals surface area contributed by atoms with Gasteiger partial charge in [0.15, 0.2) is 5.69 Å². The molecule has 8 heteroatoms. The number of carbonyl (C=O) groups excluding carboxylic acids is 1. The Bertz CT molecular complexity index is 852. The lowest BCUT2D eigenvalue weighted by Gasteiger charge is -2.28. The van der Waals surface area contributed by atoms with Gasteiger partial charge in [-0.05, 0) is 57.9 Å². The highest BCUT2D eigenvalue weighted by Gasteiger charge is 2.38. The minimum absolute atomic E-state index is 0.0801. The zero-order valence-electron chi connectivity index (χ0n) is 16.4. The van der Waals surface area contributed by atoms with E-state index in [2.05, 4.69) is 15.6 Å². The first-order valence-corrected chi connectivity index (χ1v) is 9.53. The maximum absolute atomic E-state index is 12.8. The molecule has 1 fully saturated rings. The van der Waals surface area contributed by atoms with Crippen LogP contribution in [0.2, 0.25) is 0 Å². The Morgan fingerprint density at radius 1 is 1.25 bits per heavy atom. The molecule has 0 radical (unpaired) electrons. The van der Waals surface area contributed by atoms with Crippen molar-refractivity contribution in [3.63, 3.8) is 0 Å². The van der Waals surface area contributed by atoms with Crippen molar-refractivity contribution in [1.29, 1.82) is 0 Å². The second-order valence-electron chi connectivity index (χ2n) is 7.61. The smallest absolute Gasteiger partial charge is 0.305 e. The number of ether oxygens (including phenoxy) is 1. The minimum Gasteiger partial charge on any atom is -0.491 e. The maximum Gasteiger partial charge on any atom is 0.305 e. The van der Waals surface area contributed by atoms with Crippen LogP contribution in [0.15, 0.2) is 24.3 Å². The molecular weight excluding hydrogens is 360 g/mol. The number of carboxylic acid groups (broad SMARTS) is 1. The summed E-state index contributed by atoms with van der Waals surface area (Å²) in [4.78, 5) is 24.0. The van der Waals surface area contributed by atoms with Crippen LogP contribution in [0, 0.1) is 6.92 Å². The van der Waals surface area contributed by atoms with Gasteiger partial charge in [-0.3, -0.25) is 9.59 Å². The molecule has 8 nitrogen and oxygen atoms in total. The van der Waals surface area contributed by atoms with Crippen LogP contribution >= 0.6 is 0 Å². The number of nitrogens with one attached hydrogen (secondary N) is 1. The zero-order valence-corrected chi connectivity index (χ0v) is 16.4. The molecule has 1 aromatic heterocycles. The molecule has 0 atom stereocenters. The SMILES string of the molecule is Cc1c(C(=O)NC2(CC(=O)O)CCCC2)nnn1-c1ccc(OC(C)C)cc1. The molecule has 1 heterocycles. The third-order valence-corrected chi connectivity index (χ3v) is 4.99. The number of rotatable bonds is 7. The molecule has 1 aliphatic rings. The number of benzene rings is 1. The molecule has 2 aromatic rings. The molecule has 0 spiro atoms. The van der Waals surface area contributed by atoms with Crippen LogP contribution in [-0.4, -0.2) is 43.6 Å². The Hall–Kier alpha value is -2.90. The highest BCUT2D eigenvalue weighted by Crippen LogP contribution is 2.33. The normalized spacial score (nSPS) is 15.6. The van der Waals surface area contributed by atoms with Crippen molar-refractivity contribution in [1.82, 2.24) is 20.3 Å². The number of aliphatic carboxylic acids is 1. The molecule has 28 heavy (non-hydrogen) atoms. The van der Waals surface area contributed by atoms with Crippen molar-refractivity contribution in [2.75, 3.05) is 0 Å². The number of aromatic nitrogens is 3. The Morgan fingerprint density at radius 2 is 1.89 bits per heavy atom. The van der Waals surface area contributed by atoms with Gasteiger partial charge in [-0.2, -0.15) is 0 Å². The molecule has 0 saturated heterocycles. The number of carbonyl (C=O) groups is 2. The van der Waals surface area contributed by atoms with E-state index in [1.54, 1.807) is 11.6 Å². The lowest BCUT2D eigenvalue weighted by Crippen LogP contribution is -2.48. The molecule has 1 amide bonds. The number of nitrogens with zero attached hydrogens (tertiary/aromatic N) is 3. The molecule has 1 saturated carbocycles. The summed E-state index contributed by atoms with van der Waals surface area (Å²) in [5.41, 5.74) is 0.869. The maximum atomic E-state index is 12.8. The molecule has 1 aliphatic carbocycles. The van der Waals surface area contributed by atoms with E-state index in [4.69, 9.17) is 4.74 Å². The summed E-state index contributed by atoms with van der Waals surface area (Å²) in [7, 11) is 0. The molecule has 150 valence electrons. The van der Waals surface area contributed by atoms with E-state index in [1.807, 2.05) is 38.1 Å². The zero-order chi connectivity index (χ0) is 20.3. The molecule has 1 aromatic carbocycles. The minimum atomic E-state index is -0.911. The van der Waals surface area contributed by atoms with Crippen molar-refractivity contribution >= 4 is 11.9 Å². The summed E-state index contributed by atoms with van der Waals surface area (Å²) in [5.74, 6) is -0.538. The highest BCUT2D eigenvalue weighted by atomic mass is 16.5. The number of amides is 1. The average molecular weight is 386 g/mol. The van der Waals surface area contributed by atoms with Gasteiger partial charge in [0.25, 0.3) is 5.91 Å². The van der Waals surface area contributed by atoms with Gasteiger partial charge in [0.2, 0.25) is 0 Å². The summed E-state index contributed by atoms with van der Waals surface area (Å²) in [5, 5.41) is 20.3. The largest absolute Gasteiger partial charge is 0.491 e. The van der Waals surface area contributed by atoms with Crippen molar-refractivity contribution < 1.29 is 19.4 Å². The van der Waals surface area contributed by atoms with Gasteiger partial charge in [0, 0.05) is 0 Å². The summed E-state index contributed by atoms with van der Waals surface area (Å²) >= 11 is 0. The summed E-state index contributed by atoms with van der Waals surface area (Å²) in [6.45, 7) is 5.69. The fourth-order valence-corrected chi connectivity index (χ4v) is 3.71. The molecule has 3 rings (SSSR count). The van der Waals surface area contributed by atoms with Gasteiger partial charge < -0.3 is 15.2 Å². The first kappa shape index (κ1) is 19.9. The second-order valence-corrected chi connectivity index (χ2v) is 7.61. The topological polar surface area (TPSA) is 106 Å². The lowest BCUT2D eigenvalue weighted by molar-refractivity contribution is -0.138. The highest BCUT2D eigenvalue weighted by molar-refractivity contribution is 5.94. The predicted molar refractivity (Wildman–Crippen MR) is 103 cm³/mol. The van der Waals surface area contributed by atoms with Crippen LogP contribution < -0.4 is 10.1 Å². The molecule has 0 aliphatic heterocycles. The van der Waals surface area contributed by atoms with Crippen molar-refractivity contribution in [3.8, 4) is 11.4 Å². The molecule has 0 bridgehead atoms. The summed E-state index contributed by atoms with van der Waals surface area (Å²) in [6, 6.07) is 7.39. The van der Waals surface area contributed by atoms with Crippen LogP contribution in [0.1, 0.15) is 62.1 Å². The molecule has 0 unspecified atom stereocenters. The number of hydrogen-bond donors (Lipinski definition) is 2. The Labute approximate surface area is 163 Å². The second kappa shape index (κ2) is 8.00.